The number of hydrogen-bond donors (Lipinski definition) is 1. The largest absolute Gasteiger partial charge is 0.488 e. The minimum atomic E-state index is -0.446. The Morgan fingerprint density at radius 2 is 1.95 bits per heavy atom. The second-order valence-corrected chi connectivity index (χ2v) is 9.96. The van der Waals surface area contributed by atoms with E-state index in [1.165, 1.54) is 15.8 Å². The Hall–Kier alpha value is -3.43. The van der Waals surface area contributed by atoms with Crippen molar-refractivity contribution in [2.24, 2.45) is 0 Å². The first-order chi connectivity index (χ1) is 18.0. The predicted molar refractivity (Wildman–Crippen MR) is 143 cm³/mol. The van der Waals surface area contributed by atoms with Gasteiger partial charge in [0.15, 0.2) is 11.6 Å². The molecular weight excluding hydrogens is 493 g/mol. The summed E-state index contributed by atoms with van der Waals surface area (Å²) < 4.78 is 25.2. The number of nitrogens with zero attached hydrogens (tertiary/aromatic N) is 2. The summed E-state index contributed by atoms with van der Waals surface area (Å²) in [5.41, 5.74) is 2.76. The van der Waals surface area contributed by atoms with Gasteiger partial charge in [0.25, 0.3) is 0 Å². The van der Waals surface area contributed by atoms with Crippen LogP contribution in [0.5, 0.6) is 5.75 Å². The van der Waals surface area contributed by atoms with Gasteiger partial charge >= 0.3 is 6.03 Å². The lowest BCUT2D eigenvalue weighted by Crippen LogP contribution is -2.49. The molecule has 196 valence electrons. The number of aryl methyl sites for hydroxylation is 1. The Morgan fingerprint density at radius 1 is 1.16 bits per heavy atom. The van der Waals surface area contributed by atoms with E-state index in [9.17, 15) is 14.0 Å². The molecule has 0 spiro atoms. The maximum absolute atomic E-state index is 14.2. The zero-order valence-corrected chi connectivity index (χ0v) is 21.9. The Kier molecular flexibility index (Phi) is 9.14. The number of carbonyl (C=O) groups is 2. The van der Waals surface area contributed by atoms with Gasteiger partial charge in [0.2, 0.25) is 5.91 Å². The van der Waals surface area contributed by atoms with Crippen molar-refractivity contribution in [1.82, 2.24) is 9.80 Å². The summed E-state index contributed by atoms with van der Waals surface area (Å²) in [5.74, 6) is -0.481. The van der Waals surface area contributed by atoms with Crippen LogP contribution in [-0.2, 0) is 16.0 Å². The SMILES string of the molecule is COCCCN(CC(=O)N1CCc2sccc2[C@@H]1COc1ccccc1F)C(=O)Nc1ccc(C)cc1. The Balaban J connectivity index is 1.49. The molecule has 1 atom stereocenters. The standard InChI is InChI=1S/C28H32FN3O4S/c1-20-8-10-21(11-9-20)30-28(34)31(14-5-16-35-2)18-27(33)32-15-12-26-22(13-17-37-26)24(32)19-36-25-7-4-3-6-23(25)29/h3-4,6-11,13,17,24H,5,12,14-16,18-19H2,1-2H3,(H,30,34)/t24-/m0/s1. The number of ether oxygens (including phenoxy) is 2. The van der Waals surface area contributed by atoms with Gasteiger partial charge in [-0.2, -0.15) is 0 Å². The zero-order valence-electron chi connectivity index (χ0n) is 21.1. The number of methoxy groups -OCH3 is 1. The number of benzene rings is 2. The fraction of sp³-hybridized carbons (Fsp3) is 0.357. The number of fused-ring (bicyclic) bond motifs is 1. The van der Waals surface area contributed by atoms with E-state index in [1.54, 1.807) is 41.5 Å². The first-order valence-electron chi connectivity index (χ1n) is 12.3. The Morgan fingerprint density at radius 3 is 2.70 bits per heavy atom. The number of rotatable bonds is 10. The van der Waals surface area contributed by atoms with Gasteiger partial charge in [0.05, 0.1) is 6.04 Å². The molecule has 2 aromatic carbocycles. The first kappa shape index (κ1) is 26.6. The third-order valence-electron chi connectivity index (χ3n) is 6.34. The normalized spacial score (nSPS) is 14.7. The van der Waals surface area contributed by atoms with Crippen molar-refractivity contribution in [3.05, 3.63) is 81.8 Å². The van der Waals surface area contributed by atoms with Crippen molar-refractivity contribution in [3.8, 4) is 5.75 Å². The molecule has 0 unspecified atom stereocenters. The first-order valence-corrected chi connectivity index (χ1v) is 13.2. The number of thiophene rings is 1. The Bertz CT molecular complexity index is 1200. The van der Waals surface area contributed by atoms with Gasteiger partial charge in [0.1, 0.15) is 13.2 Å². The fourth-order valence-corrected chi connectivity index (χ4v) is 5.28. The van der Waals surface area contributed by atoms with E-state index >= 15 is 0 Å². The number of halogens is 1. The lowest BCUT2D eigenvalue weighted by atomic mass is 10.0. The second-order valence-electron chi connectivity index (χ2n) is 8.96. The van der Waals surface area contributed by atoms with Crippen LogP contribution in [0.2, 0.25) is 0 Å². The molecule has 1 aliphatic heterocycles. The van der Waals surface area contributed by atoms with Crippen LogP contribution in [0.15, 0.2) is 60.0 Å². The van der Waals surface area contributed by atoms with E-state index in [2.05, 4.69) is 5.32 Å². The lowest BCUT2D eigenvalue weighted by Gasteiger charge is -2.37. The molecule has 0 radical (unpaired) electrons. The third kappa shape index (κ3) is 6.87. The highest BCUT2D eigenvalue weighted by Gasteiger charge is 2.33. The third-order valence-corrected chi connectivity index (χ3v) is 7.34. The topological polar surface area (TPSA) is 71.1 Å². The van der Waals surface area contributed by atoms with Crippen LogP contribution in [0.4, 0.5) is 14.9 Å². The summed E-state index contributed by atoms with van der Waals surface area (Å²) in [6, 6.07) is 15.0. The summed E-state index contributed by atoms with van der Waals surface area (Å²) in [4.78, 5) is 31.2. The number of anilines is 1. The monoisotopic (exact) mass is 525 g/mol. The van der Waals surface area contributed by atoms with Gasteiger partial charge in [-0.3, -0.25) is 4.79 Å². The van der Waals surface area contributed by atoms with Crippen molar-refractivity contribution >= 4 is 29.0 Å². The molecule has 1 N–H and O–H groups in total. The highest BCUT2D eigenvalue weighted by atomic mass is 32.1. The van der Waals surface area contributed by atoms with Crippen LogP contribution in [0, 0.1) is 12.7 Å². The molecule has 37 heavy (non-hydrogen) atoms. The van der Waals surface area contributed by atoms with Gasteiger partial charge in [-0.05, 0) is 61.0 Å². The maximum Gasteiger partial charge on any atom is 0.322 e. The molecule has 0 aliphatic carbocycles. The molecule has 4 rings (SSSR count). The zero-order chi connectivity index (χ0) is 26.2. The molecule has 7 nitrogen and oxygen atoms in total. The van der Waals surface area contributed by atoms with Crippen LogP contribution >= 0.6 is 11.3 Å². The smallest absolute Gasteiger partial charge is 0.322 e. The fourth-order valence-electron chi connectivity index (χ4n) is 4.35. The number of nitrogens with one attached hydrogen (secondary N) is 1. The predicted octanol–water partition coefficient (Wildman–Crippen LogP) is 5.27. The molecule has 3 amide bonds. The van der Waals surface area contributed by atoms with Crippen LogP contribution in [0.25, 0.3) is 0 Å². The number of carbonyl (C=O) groups excluding carboxylic acids is 2. The van der Waals surface area contributed by atoms with Crippen molar-refractivity contribution in [2.75, 3.05) is 45.3 Å². The minimum Gasteiger partial charge on any atom is -0.488 e. The number of para-hydroxylation sites is 1. The highest BCUT2D eigenvalue weighted by Crippen LogP contribution is 2.34. The molecular formula is C28H32FN3O4S. The Labute approximate surface area is 220 Å². The van der Waals surface area contributed by atoms with Crippen molar-refractivity contribution in [1.29, 1.82) is 0 Å². The van der Waals surface area contributed by atoms with Gasteiger partial charge in [-0.15, -0.1) is 11.3 Å². The van der Waals surface area contributed by atoms with Crippen molar-refractivity contribution in [3.63, 3.8) is 0 Å². The highest BCUT2D eigenvalue weighted by molar-refractivity contribution is 7.10. The number of hydrogen-bond acceptors (Lipinski definition) is 5. The quantitative estimate of drug-likeness (QED) is 0.366. The van der Waals surface area contributed by atoms with E-state index in [-0.39, 0.29) is 36.9 Å². The van der Waals surface area contributed by atoms with Gasteiger partial charge < -0.3 is 24.6 Å². The van der Waals surface area contributed by atoms with Crippen molar-refractivity contribution < 1.29 is 23.5 Å². The minimum absolute atomic E-state index is 0.0862. The van der Waals surface area contributed by atoms with Gasteiger partial charge in [-0.25, -0.2) is 9.18 Å². The van der Waals surface area contributed by atoms with Crippen LogP contribution in [-0.4, -0.2) is 61.7 Å². The number of amides is 3. The maximum atomic E-state index is 14.2. The van der Waals surface area contributed by atoms with E-state index in [0.29, 0.717) is 31.8 Å². The molecule has 0 fully saturated rings. The van der Waals surface area contributed by atoms with Crippen molar-refractivity contribution in [2.45, 2.75) is 25.8 Å². The van der Waals surface area contributed by atoms with E-state index < -0.39 is 5.82 Å². The van der Waals surface area contributed by atoms with Gasteiger partial charge in [-0.1, -0.05) is 29.8 Å². The van der Waals surface area contributed by atoms with E-state index in [0.717, 1.165) is 17.5 Å². The summed E-state index contributed by atoms with van der Waals surface area (Å²) >= 11 is 1.65. The molecule has 1 aromatic heterocycles. The second kappa shape index (κ2) is 12.7. The molecule has 2 heterocycles. The molecule has 0 saturated heterocycles. The van der Waals surface area contributed by atoms with Crippen LogP contribution < -0.4 is 10.1 Å². The van der Waals surface area contributed by atoms with Crippen LogP contribution in [0.3, 0.4) is 0 Å². The molecule has 9 heteroatoms. The average molecular weight is 526 g/mol. The van der Waals surface area contributed by atoms with Crippen LogP contribution in [0.1, 0.15) is 28.5 Å². The summed E-state index contributed by atoms with van der Waals surface area (Å²) in [7, 11) is 1.61. The molecule has 0 bridgehead atoms. The van der Waals surface area contributed by atoms with E-state index in [4.69, 9.17) is 9.47 Å². The molecule has 1 aliphatic rings. The molecule has 0 saturated carbocycles. The lowest BCUT2D eigenvalue weighted by molar-refractivity contribution is -0.135. The summed E-state index contributed by atoms with van der Waals surface area (Å²) in [5, 5.41) is 4.89. The summed E-state index contributed by atoms with van der Waals surface area (Å²) in [6.45, 7) is 3.36. The summed E-state index contributed by atoms with van der Waals surface area (Å²) in [6.07, 6.45) is 1.33. The van der Waals surface area contributed by atoms with E-state index in [1.807, 2.05) is 42.6 Å². The average Bonchev–Trinajstić information content (AvgIpc) is 3.38. The number of urea groups is 1. The molecule has 3 aromatic rings. The van der Waals surface area contributed by atoms with Gasteiger partial charge in [0, 0.05) is 37.4 Å².